The van der Waals surface area contributed by atoms with Crippen LogP contribution in [-0.4, -0.2) is 39.5 Å². The van der Waals surface area contributed by atoms with Crippen molar-refractivity contribution in [1.29, 1.82) is 0 Å². The monoisotopic (exact) mass is 434 g/mol. The van der Waals surface area contributed by atoms with E-state index in [-0.39, 0.29) is 28.9 Å². The minimum Gasteiger partial charge on any atom is -0.480 e. The lowest BCUT2D eigenvalue weighted by Gasteiger charge is -2.22. The molecule has 0 radical (unpaired) electrons. The maximum absolute atomic E-state index is 12.9. The van der Waals surface area contributed by atoms with Crippen LogP contribution in [-0.2, 0) is 18.7 Å². The number of nitro benzene ring substituents is 1. The van der Waals surface area contributed by atoms with Gasteiger partial charge in [0, 0.05) is 23.3 Å². The topological polar surface area (TPSA) is 145 Å². The molecule has 0 aromatic heterocycles. The zero-order chi connectivity index (χ0) is 21.5. The Hall–Kier alpha value is -1.94. The second-order valence-electron chi connectivity index (χ2n) is 6.75. The van der Waals surface area contributed by atoms with Gasteiger partial charge in [0.05, 0.1) is 11.5 Å². The Morgan fingerprint density at radius 3 is 2.36 bits per heavy atom. The molecule has 10 nitrogen and oxygen atoms in total. The number of carboxylic acids is 1. The van der Waals surface area contributed by atoms with E-state index in [4.69, 9.17) is 14.2 Å². The summed E-state index contributed by atoms with van der Waals surface area (Å²) >= 11 is 1.00. The van der Waals surface area contributed by atoms with E-state index in [1.54, 1.807) is 20.8 Å². The van der Waals surface area contributed by atoms with Crippen LogP contribution in [0.2, 0.25) is 0 Å². The number of nitrogens with one attached hydrogen (secondary N) is 1. The van der Waals surface area contributed by atoms with Crippen LogP contribution in [0, 0.1) is 15.5 Å². The Kier molecular flexibility index (Phi) is 8.62. The van der Waals surface area contributed by atoms with Crippen LogP contribution in [0.25, 0.3) is 0 Å². The first-order chi connectivity index (χ1) is 12.8. The zero-order valence-electron chi connectivity index (χ0n) is 15.9. The standard InChI is InChI=1S/C16H23N2O8PS/c1-11(14(19)20)17-27(24,25-9-10-28-15(21)16(2,3)4)26-13-7-5-12(6-8-13)18(22)23/h5-8,11H,9-10H2,1-4H3,(H,17,24)(H,19,20). The van der Waals surface area contributed by atoms with Crippen LogP contribution in [0.4, 0.5) is 5.69 Å². The lowest BCUT2D eigenvalue weighted by atomic mass is 10.00. The average molecular weight is 434 g/mol. The molecular weight excluding hydrogens is 411 g/mol. The number of carbonyl (C=O) groups is 2. The zero-order valence-corrected chi connectivity index (χ0v) is 17.6. The first kappa shape index (κ1) is 24.1. The number of rotatable bonds is 10. The van der Waals surface area contributed by atoms with Crippen LogP contribution in [0.15, 0.2) is 24.3 Å². The summed E-state index contributed by atoms with van der Waals surface area (Å²) in [4.78, 5) is 33.0. The van der Waals surface area contributed by atoms with Crippen molar-refractivity contribution in [3.8, 4) is 5.75 Å². The molecule has 2 atom stereocenters. The molecule has 2 unspecified atom stereocenters. The van der Waals surface area contributed by atoms with E-state index in [9.17, 15) is 24.3 Å². The van der Waals surface area contributed by atoms with Gasteiger partial charge in [-0.25, -0.2) is 4.57 Å². The van der Waals surface area contributed by atoms with Crippen molar-refractivity contribution in [2.75, 3.05) is 12.4 Å². The van der Waals surface area contributed by atoms with Crippen molar-refractivity contribution >= 4 is 36.3 Å². The Balaban J connectivity index is 2.82. The highest BCUT2D eigenvalue weighted by molar-refractivity contribution is 8.13. The predicted octanol–water partition coefficient (Wildman–Crippen LogP) is 3.47. The highest BCUT2D eigenvalue weighted by Crippen LogP contribution is 2.45. The van der Waals surface area contributed by atoms with E-state index in [1.807, 2.05) is 0 Å². The number of hydrogen-bond acceptors (Lipinski definition) is 8. The molecule has 0 fully saturated rings. The smallest absolute Gasteiger partial charge is 0.459 e. The van der Waals surface area contributed by atoms with Gasteiger partial charge in [0.2, 0.25) is 0 Å². The molecule has 0 aliphatic rings. The Morgan fingerprint density at radius 2 is 1.89 bits per heavy atom. The van der Waals surface area contributed by atoms with E-state index < -0.39 is 30.1 Å². The summed E-state index contributed by atoms with van der Waals surface area (Å²) in [6, 6.07) is 3.50. The summed E-state index contributed by atoms with van der Waals surface area (Å²) in [6.07, 6.45) is 0. The number of benzene rings is 1. The molecule has 0 saturated heterocycles. The number of thioether (sulfide) groups is 1. The van der Waals surface area contributed by atoms with Crippen molar-refractivity contribution in [3.05, 3.63) is 34.4 Å². The van der Waals surface area contributed by atoms with Gasteiger partial charge in [0.25, 0.3) is 5.69 Å². The van der Waals surface area contributed by atoms with Crippen LogP contribution < -0.4 is 9.61 Å². The fourth-order valence-electron chi connectivity index (χ4n) is 1.66. The molecule has 0 aliphatic carbocycles. The lowest BCUT2D eigenvalue weighted by molar-refractivity contribution is -0.384. The third-order valence-corrected chi connectivity index (χ3v) is 6.11. The van der Waals surface area contributed by atoms with Crippen LogP contribution in [0.5, 0.6) is 5.75 Å². The highest BCUT2D eigenvalue weighted by Gasteiger charge is 2.32. The molecular formula is C16H23N2O8PS. The molecule has 1 aromatic carbocycles. The first-order valence-electron chi connectivity index (χ1n) is 8.20. The fourth-order valence-corrected chi connectivity index (χ4v) is 4.06. The van der Waals surface area contributed by atoms with Crippen molar-refractivity contribution in [2.45, 2.75) is 33.7 Å². The van der Waals surface area contributed by atoms with Crippen LogP contribution in [0.1, 0.15) is 27.7 Å². The number of hydrogen-bond donors (Lipinski definition) is 2. The number of carboxylic acid groups (broad SMARTS) is 1. The van der Waals surface area contributed by atoms with Crippen molar-refractivity contribution in [2.24, 2.45) is 5.41 Å². The van der Waals surface area contributed by atoms with E-state index in [0.717, 1.165) is 23.9 Å². The second-order valence-corrected chi connectivity index (χ2v) is 9.51. The Labute approximate surface area is 166 Å². The van der Waals surface area contributed by atoms with Gasteiger partial charge < -0.3 is 9.63 Å². The van der Waals surface area contributed by atoms with Gasteiger partial charge in [-0.3, -0.25) is 24.2 Å². The summed E-state index contributed by atoms with van der Waals surface area (Å²) in [5.41, 5.74) is -0.730. The Morgan fingerprint density at radius 1 is 1.32 bits per heavy atom. The molecule has 2 N–H and O–H groups in total. The molecule has 0 saturated carbocycles. The normalized spacial score (nSPS) is 14.7. The number of nitro groups is 1. The molecule has 28 heavy (non-hydrogen) atoms. The predicted molar refractivity (Wildman–Crippen MR) is 104 cm³/mol. The summed E-state index contributed by atoms with van der Waals surface area (Å²) < 4.78 is 23.4. The summed E-state index contributed by atoms with van der Waals surface area (Å²) in [7, 11) is -4.12. The summed E-state index contributed by atoms with van der Waals surface area (Å²) in [5.74, 6) is -1.09. The molecule has 0 heterocycles. The summed E-state index contributed by atoms with van der Waals surface area (Å²) in [6.45, 7) is 6.41. The van der Waals surface area contributed by atoms with E-state index in [0.29, 0.717) is 0 Å². The molecule has 1 aromatic rings. The van der Waals surface area contributed by atoms with Crippen LogP contribution >= 0.6 is 19.5 Å². The molecule has 0 spiro atoms. The van der Waals surface area contributed by atoms with Crippen molar-refractivity contribution in [3.63, 3.8) is 0 Å². The lowest BCUT2D eigenvalue weighted by Crippen LogP contribution is -2.33. The second kappa shape index (κ2) is 10.0. The molecule has 12 heteroatoms. The van der Waals surface area contributed by atoms with E-state index in [1.165, 1.54) is 19.1 Å². The maximum atomic E-state index is 12.9. The number of nitrogens with zero attached hydrogens (tertiary/aromatic N) is 1. The number of non-ortho nitro benzene ring substituents is 1. The van der Waals surface area contributed by atoms with Gasteiger partial charge in [-0.05, 0) is 19.1 Å². The number of carbonyl (C=O) groups excluding carboxylic acids is 1. The largest absolute Gasteiger partial charge is 0.480 e. The van der Waals surface area contributed by atoms with E-state index >= 15 is 0 Å². The first-order valence-corrected chi connectivity index (χ1v) is 10.7. The van der Waals surface area contributed by atoms with Gasteiger partial charge in [-0.15, -0.1) is 0 Å². The number of aliphatic carboxylic acids is 1. The van der Waals surface area contributed by atoms with Crippen LogP contribution in [0.3, 0.4) is 0 Å². The average Bonchev–Trinajstić information content (AvgIpc) is 2.57. The summed E-state index contributed by atoms with van der Waals surface area (Å²) in [5, 5.41) is 21.9. The molecule has 0 bridgehead atoms. The van der Waals surface area contributed by atoms with Crippen molar-refractivity contribution in [1.82, 2.24) is 5.09 Å². The van der Waals surface area contributed by atoms with E-state index in [2.05, 4.69) is 5.09 Å². The third-order valence-electron chi connectivity index (χ3n) is 3.19. The quantitative estimate of drug-likeness (QED) is 0.243. The minimum absolute atomic E-state index is 0.00237. The maximum Gasteiger partial charge on any atom is 0.459 e. The third kappa shape index (κ3) is 7.97. The van der Waals surface area contributed by atoms with Gasteiger partial charge in [-0.2, -0.15) is 5.09 Å². The molecule has 1 rings (SSSR count). The molecule has 156 valence electrons. The molecule has 0 amide bonds. The van der Waals surface area contributed by atoms with Gasteiger partial charge in [-0.1, -0.05) is 32.5 Å². The SMILES string of the molecule is CC(NP(=O)(OCCSC(=O)C(C)(C)C)Oc1ccc([N+](=O)[O-])cc1)C(=O)O. The highest BCUT2D eigenvalue weighted by atomic mass is 32.2. The van der Waals surface area contributed by atoms with Crippen molar-refractivity contribution < 1.29 is 33.2 Å². The van der Waals surface area contributed by atoms with Gasteiger partial charge >= 0.3 is 13.7 Å². The minimum atomic E-state index is -4.12. The van der Waals surface area contributed by atoms with Gasteiger partial charge in [0.1, 0.15) is 11.8 Å². The fraction of sp³-hybridized carbons (Fsp3) is 0.500. The van der Waals surface area contributed by atoms with Gasteiger partial charge in [0.15, 0.2) is 5.12 Å². The Bertz CT molecular complexity index is 763. The molecule has 0 aliphatic heterocycles.